The minimum absolute atomic E-state index is 0.0447. The molecular formula is C16H16N2O2S. The number of rotatable bonds is 4. The van der Waals surface area contributed by atoms with Gasteiger partial charge in [0.05, 0.1) is 13.2 Å². The van der Waals surface area contributed by atoms with Crippen LogP contribution < -0.4 is 5.32 Å². The van der Waals surface area contributed by atoms with Crippen LogP contribution in [-0.4, -0.2) is 22.6 Å². The fraction of sp³-hybridized carbons (Fsp3) is 0.250. The lowest BCUT2D eigenvalue weighted by atomic mass is 10.2. The highest BCUT2D eigenvalue weighted by atomic mass is 32.1. The zero-order valence-corrected chi connectivity index (χ0v) is 12.5. The van der Waals surface area contributed by atoms with Gasteiger partial charge in [0.25, 0.3) is 5.91 Å². The molecule has 0 saturated heterocycles. The molecule has 0 radical (unpaired) electrons. The number of carbonyl (C=O) groups excluding carboxylic acids is 1. The topological polar surface area (TPSA) is 62.2 Å². The maximum absolute atomic E-state index is 12.0. The summed E-state index contributed by atoms with van der Waals surface area (Å²) in [6, 6.07) is 5.44. The first-order valence-electron chi connectivity index (χ1n) is 6.57. The zero-order valence-electron chi connectivity index (χ0n) is 11.7. The highest BCUT2D eigenvalue weighted by Crippen LogP contribution is 2.14. The molecule has 2 N–H and O–H groups in total. The van der Waals surface area contributed by atoms with Crippen molar-refractivity contribution in [2.24, 2.45) is 0 Å². The molecule has 0 aromatic carbocycles. The Balaban J connectivity index is 1.94. The summed E-state index contributed by atoms with van der Waals surface area (Å²) in [6.45, 7) is 2.58. The highest BCUT2D eigenvalue weighted by Gasteiger charge is 2.07. The van der Waals surface area contributed by atoms with Gasteiger partial charge >= 0.3 is 0 Å². The molecule has 2 aromatic rings. The van der Waals surface area contributed by atoms with Crippen LogP contribution in [-0.2, 0) is 6.54 Å². The predicted molar refractivity (Wildman–Crippen MR) is 83.0 cm³/mol. The van der Waals surface area contributed by atoms with Crippen LogP contribution in [0.5, 0.6) is 0 Å². The van der Waals surface area contributed by atoms with E-state index in [1.165, 1.54) is 5.56 Å². The van der Waals surface area contributed by atoms with Gasteiger partial charge in [-0.2, -0.15) is 0 Å². The van der Waals surface area contributed by atoms with E-state index in [4.69, 9.17) is 5.11 Å². The van der Waals surface area contributed by atoms with Gasteiger partial charge in [0, 0.05) is 23.1 Å². The number of pyridine rings is 1. The third kappa shape index (κ3) is 4.42. The summed E-state index contributed by atoms with van der Waals surface area (Å²) in [5.74, 6) is 5.49. The number of aromatic nitrogens is 1. The number of amides is 1. The Labute approximate surface area is 127 Å². The Hall–Kier alpha value is -2.16. The number of aliphatic hydroxyl groups is 1. The summed E-state index contributed by atoms with van der Waals surface area (Å²) in [4.78, 5) is 17.2. The normalized spacial score (nSPS) is 9.81. The third-order valence-electron chi connectivity index (χ3n) is 2.84. The molecule has 0 aliphatic rings. The van der Waals surface area contributed by atoms with Crippen LogP contribution in [0, 0.1) is 18.8 Å². The van der Waals surface area contributed by atoms with Crippen molar-refractivity contribution in [3.05, 3.63) is 51.5 Å². The van der Waals surface area contributed by atoms with Gasteiger partial charge in [0.1, 0.15) is 5.69 Å². The third-order valence-corrected chi connectivity index (χ3v) is 3.87. The molecule has 0 fully saturated rings. The smallest absolute Gasteiger partial charge is 0.270 e. The summed E-state index contributed by atoms with van der Waals surface area (Å²) in [7, 11) is 0. The van der Waals surface area contributed by atoms with Gasteiger partial charge < -0.3 is 10.4 Å². The molecule has 0 unspecified atom stereocenters. The SMILES string of the molecule is Cc1ccsc1CNC(=O)c1ccc(C#CCCO)cn1. The molecule has 0 saturated carbocycles. The van der Waals surface area contributed by atoms with Crippen LogP contribution in [0.2, 0.25) is 0 Å². The fourth-order valence-electron chi connectivity index (χ4n) is 1.66. The second-order valence-corrected chi connectivity index (χ2v) is 5.42. The highest BCUT2D eigenvalue weighted by molar-refractivity contribution is 7.10. The van der Waals surface area contributed by atoms with E-state index >= 15 is 0 Å². The Kier molecular flexibility index (Phi) is 5.50. The number of aliphatic hydroxyl groups excluding tert-OH is 1. The van der Waals surface area contributed by atoms with E-state index in [1.54, 1.807) is 29.7 Å². The number of aryl methyl sites for hydroxylation is 1. The van der Waals surface area contributed by atoms with Gasteiger partial charge in [-0.3, -0.25) is 4.79 Å². The van der Waals surface area contributed by atoms with Crippen molar-refractivity contribution in [2.45, 2.75) is 19.9 Å². The molecule has 2 aromatic heterocycles. The molecule has 2 heterocycles. The van der Waals surface area contributed by atoms with Gasteiger partial charge in [-0.15, -0.1) is 11.3 Å². The van der Waals surface area contributed by atoms with Crippen molar-refractivity contribution < 1.29 is 9.90 Å². The minimum atomic E-state index is -0.197. The van der Waals surface area contributed by atoms with E-state index in [0.29, 0.717) is 18.7 Å². The van der Waals surface area contributed by atoms with Crippen LogP contribution in [0.25, 0.3) is 0 Å². The van der Waals surface area contributed by atoms with Crippen molar-refractivity contribution in [2.75, 3.05) is 6.61 Å². The van der Waals surface area contributed by atoms with Crippen LogP contribution in [0.15, 0.2) is 29.8 Å². The second-order valence-electron chi connectivity index (χ2n) is 4.42. The van der Waals surface area contributed by atoms with Crippen LogP contribution in [0.3, 0.4) is 0 Å². The molecule has 108 valence electrons. The summed E-state index contributed by atoms with van der Waals surface area (Å²) in [5, 5.41) is 13.5. The molecule has 4 nitrogen and oxygen atoms in total. The monoisotopic (exact) mass is 300 g/mol. The van der Waals surface area contributed by atoms with Gasteiger partial charge in [-0.05, 0) is 36.1 Å². The maximum atomic E-state index is 12.0. The molecule has 0 atom stereocenters. The Morgan fingerprint density at radius 2 is 2.29 bits per heavy atom. The van der Waals surface area contributed by atoms with E-state index in [2.05, 4.69) is 22.1 Å². The first-order chi connectivity index (χ1) is 10.2. The van der Waals surface area contributed by atoms with Gasteiger partial charge in [-0.1, -0.05) is 11.8 Å². The molecule has 1 amide bonds. The average molecular weight is 300 g/mol. The number of hydrogen-bond donors (Lipinski definition) is 2. The summed E-state index contributed by atoms with van der Waals surface area (Å²) in [5.41, 5.74) is 2.29. The largest absolute Gasteiger partial charge is 0.395 e. The molecular weight excluding hydrogens is 284 g/mol. The molecule has 0 spiro atoms. The van der Waals surface area contributed by atoms with Crippen molar-refractivity contribution in [3.8, 4) is 11.8 Å². The average Bonchev–Trinajstić information content (AvgIpc) is 2.91. The van der Waals surface area contributed by atoms with Crippen molar-refractivity contribution >= 4 is 17.2 Å². The van der Waals surface area contributed by atoms with Crippen molar-refractivity contribution in [1.82, 2.24) is 10.3 Å². The molecule has 0 aliphatic carbocycles. The quantitative estimate of drug-likeness (QED) is 0.850. The standard InChI is InChI=1S/C16H16N2O2S/c1-12-7-9-21-15(12)11-18-16(20)14-6-5-13(10-17-14)4-2-3-8-19/h5-7,9-10,19H,3,8,11H2,1H3,(H,18,20). The van der Waals surface area contributed by atoms with E-state index in [-0.39, 0.29) is 12.5 Å². The van der Waals surface area contributed by atoms with E-state index in [0.717, 1.165) is 10.4 Å². The molecule has 5 heteroatoms. The van der Waals surface area contributed by atoms with Crippen molar-refractivity contribution in [3.63, 3.8) is 0 Å². The number of nitrogens with zero attached hydrogens (tertiary/aromatic N) is 1. The second kappa shape index (κ2) is 7.58. The first-order valence-corrected chi connectivity index (χ1v) is 7.45. The lowest BCUT2D eigenvalue weighted by molar-refractivity contribution is 0.0946. The summed E-state index contributed by atoms with van der Waals surface area (Å²) in [6.07, 6.45) is 2.00. The zero-order chi connectivity index (χ0) is 15.1. The van der Waals surface area contributed by atoms with E-state index in [9.17, 15) is 4.79 Å². The molecule has 21 heavy (non-hydrogen) atoms. The van der Waals surface area contributed by atoms with Gasteiger partial charge in [0.2, 0.25) is 0 Å². The van der Waals surface area contributed by atoms with Crippen LogP contribution in [0.1, 0.15) is 32.9 Å². The van der Waals surface area contributed by atoms with Crippen LogP contribution >= 0.6 is 11.3 Å². The summed E-state index contributed by atoms with van der Waals surface area (Å²) >= 11 is 1.63. The number of thiophene rings is 1. The Bertz CT molecular complexity index is 666. The summed E-state index contributed by atoms with van der Waals surface area (Å²) < 4.78 is 0. The molecule has 0 bridgehead atoms. The van der Waals surface area contributed by atoms with E-state index in [1.807, 2.05) is 18.4 Å². The molecule has 2 rings (SSSR count). The first kappa shape index (κ1) is 15.2. The number of carbonyl (C=O) groups is 1. The Morgan fingerprint density at radius 3 is 2.90 bits per heavy atom. The lowest BCUT2D eigenvalue weighted by Gasteiger charge is -2.04. The maximum Gasteiger partial charge on any atom is 0.270 e. The van der Waals surface area contributed by atoms with Gasteiger partial charge in [0.15, 0.2) is 0 Å². The number of nitrogens with one attached hydrogen (secondary N) is 1. The fourth-order valence-corrected chi connectivity index (χ4v) is 2.50. The number of hydrogen-bond acceptors (Lipinski definition) is 4. The molecule has 0 aliphatic heterocycles. The Morgan fingerprint density at radius 1 is 1.43 bits per heavy atom. The lowest BCUT2D eigenvalue weighted by Crippen LogP contribution is -2.23. The van der Waals surface area contributed by atoms with Crippen molar-refractivity contribution in [1.29, 1.82) is 0 Å². The van der Waals surface area contributed by atoms with Gasteiger partial charge in [-0.25, -0.2) is 4.98 Å². The van der Waals surface area contributed by atoms with Crippen LogP contribution in [0.4, 0.5) is 0 Å². The minimum Gasteiger partial charge on any atom is -0.395 e. The predicted octanol–water partition coefficient (Wildman–Crippen LogP) is 2.12. The van der Waals surface area contributed by atoms with E-state index < -0.39 is 0 Å².